The number of thioether (sulfide) groups is 1. The van der Waals surface area contributed by atoms with Crippen molar-refractivity contribution in [1.82, 2.24) is 10.2 Å². The molecule has 0 atom stereocenters. The molecule has 0 spiro atoms. The highest BCUT2D eigenvalue weighted by Gasteiger charge is 2.10. The van der Waals surface area contributed by atoms with Crippen LogP contribution < -0.4 is 0 Å². The van der Waals surface area contributed by atoms with E-state index in [1.165, 1.54) is 11.8 Å². The van der Waals surface area contributed by atoms with E-state index in [-0.39, 0.29) is 0 Å². The van der Waals surface area contributed by atoms with E-state index < -0.39 is 0 Å². The second-order valence-corrected chi connectivity index (χ2v) is 6.28. The molecular weight excluding hydrogens is 362 g/mol. The molecular formula is C16H10BrN3OS. The summed E-state index contributed by atoms with van der Waals surface area (Å²) in [6.45, 7) is 0. The molecule has 0 aliphatic carbocycles. The molecule has 3 aromatic rings. The Morgan fingerprint density at radius 1 is 1.14 bits per heavy atom. The van der Waals surface area contributed by atoms with Crippen LogP contribution in [0.4, 0.5) is 0 Å². The predicted octanol–water partition coefficient (Wildman–Crippen LogP) is 4.66. The summed E-state index contributed by atoms with van der Waals surface area (Å²) in [7, 11) is 0. The van der Waals surface area contributed by atoms with Gasteiger partial charge in [0.05, 0.1) is 11.6 Å². The molecule has 1 aromatic heterocycles. The number of benzene rings is 2. The summed E-state index contributed by atoms with van der Waals surface area (Å²) in [4.78, 5) is 0. The van der Waals surface area contributed by atoms with Gasteiger partial charge in [-0.3, -0.25) is 0 Å². The van der Waals surface area contributed by atoms with Gasteiger partial charge in [-0.15, -0.1) is 10.2 Å². The Morgan fingerprint density at radius 3 is 2.82 bits per heavy atom. The zero-order chi connectivity index (χ0) is 15.4. The SMILES string of the molecule is N#Cc1ccccc1CSc1nnc(-c2cccc(Br)c2)o1. The van der Waals surface area contributed by atoms with Gasteiger partial charge in [0.1, 0.15) is 0 Å². The fourth-order valence-corrected chi connectivity index (χ4v) is 3.07. The smallest absolute Gasteiger partial charge is 0.277 e. The third kappa shape index (κ3) is 3.38. The van der Waals surface area contributed by atoms with E-state index in [1.54, 1.807) is 6.07 Å². The minimum Gasteiger partial charge on any atom is -0.411 e. The lowest BCUT2D eigenvalue weighted by atomic mass is 10.1. The molecule has 22 heavy (non-hydrogen) atoms. The van der Waals surface area contributed by atoms with E-state index in [2.05, 4.69) is 32.2 Å². The third-order valence-corrected chi connectivity index (χ3v) is 4.33. The van der Waals surface area contributed by atoms with Gasteiger partial charge in [-0.1, -0.05) is 52.0 Å². The molecule has 0 saturated carbocycles. The quantitative estimate of drug-likeness (QED) is 0.623. The number of rotatable bonds is 4. The average molecular weight is 372 g/mol. The van der Waals surface area contributed by atoms with E-state index in [1.807, 2.05) is 42.5 Å². The Bertz CT molecular complexity index is 841. The van der Waals surface area contributed by atoms with Crippen molar-refractivity contribution in [3.63, 3.8) is 0 Å². The molecule has 3 rings (SSSR count). The first-order valence-corrected chi connectivity index (χ1v) is 8.24. The van der Waals surface area contributed by atoms with Crippen molar-refractivity contribution in [2.75, 3.05) is 0 Å². The van der Waals surface area contributed by atoms with Crippen LogP contribution in [-0.4, -0.2) is 10.2 Å². The largest absolute Gasteiger partial charge is 0.411 e. The molecule has 0 unspecified atom stereocenters. The van der Waals surface area contributed by atoms with Crippen LogP contribution in [0.2, 0.25) is 0 Å². The van der Waals surface area contributed by atoms with Crippen molar-refractivity contribution >= 4 is 27.7 Å². The van der Waals surface area contributed by atoms with Gasteiger partial charge in [0.2, 0.25) is 5.89 Å². The first-order valence-electron chi connectivity index (χ1n) is 6.46. The number of aromatic nitrogens is 2. The van der Waals surface area contributed by atoms with E-state index in [4.69, 9.17) is 9.68 Å². The maximum atomic E-state index is 9.08. The average Bonchev–Trinajstić information content (AvgIpc) is 3.02. The summed E-state index contributed by atoms with van der Waals surface area (Å²) in [5.41, 5.74) is 2.49. The van der Waals surface area contributed by atoms with E-state index in [9.17, 15) is 0 Å². The minimum atomic E-state index is 0.484. The van der Waals surface area contributed by atoms with Crippen LogP contribution in [0.5, 0.6) is 0 Å². The van der Waals surface area contributed by atoms with Crippen LogP contribution in [0.25, 0.3) is 11.5 Å². The zero-order valence-electron chi connectivity index (χ0n) is 11.4. The summed E-state index contributed by atoms with van der Waals surface area (Å²) in [6, 6.07) is 17.4. The normalized spacial score (nSPS) is 10.4. The lowest BCUT2D eigenvalue weighted by Crippen LogP contribution is -1.86. The lowest BCUT2D eigenvalue weighted by molar-refractivity contribution is 0.466. The number of nitriles is 1. The maximum absolute atomic E-state index is 9.08. The Balaban J connectivity index is 1.74. The lowest BCUT2D eigenvalue weighted by Gasteiger charge is -2.00. The van der Waals surface area contributed by atoms with Crippen molar-refractivity contribution in [2.24, 2.45) is 0 Å². The molecule has 108 valence electrons. The molecule has 0 fully saturated rings. The highest BCUT2D eigenvalue weighted by atomic mass is 79.9. The molecule has 2 aromatic carbocycles. The van der Waals surface area contributed by atoms with Gasteiger partial charge >= 0.3 is 0 Å². The Morgan fingerprint density at radius 2 is 2.00 bits per heavy atom. The summed E-state index contributed by atoms with van der Waals surface area (Å²) in [5.74, 6) is 1.10. The van der Waals surface area contributed by atoms with E-state index in [0.29, 0.717) is 22.4 Å². The highest BCUT2D eigenvalue weighted by Crippen LogP contribution is 2.27. The van der Waals surface area contributed by atoms with Gasteiger partial charge in [0.15, 0.2) is 0 Å². The van der Waals surface area contributed by atoms with E-state index >= 15 is 0 Å². The van der Waals surface area contributed by atoms with E-state index in [0.717, 1.165) is 15.6 Å². The fourth-order valence-electron chi connectivity index (χ4n) is 1.90. The van der Waals surface area contributed by atoms with Crippen LogP contribution in [0, 0.1) is 11.3 Å². The van der Waals surface area contributed by atoms with Crippen LogP contribution in [-0.2, 0) is 5.75 Å². The Hall–Kier alpha value is -2.10. The summed E-state index contributed by atoms with van der Waals surface area (Å²) in [6.07, 6.45) is 0. The number of nitrogens with zero attached hydrogens (tertiary/aromatic N) is 3. The van der Waals surface area contributed by atoms with Crippen molar-refractivity contribution in [1.29, 1.82) is 5.26 Å². The minimum absolute atomic E-state index is 0.484. The topological polar surface area (TPSA) is 62.7 Å². The van der Waals surface area contributed by atoms with Crippen LogP contribution in [0.3, 0.4) is 0 Å². The standard InChI is InChI=1S/C16H10BrN3OS/c17-14-7-3-6-11(8-14)15-19-20-16(21-15)22-10-13-5-2-1-4-12(13)9-18/h1-8H,10H2. The third-order valence-electron chi connectivity index (χ3n) is 2.97. The predicted molar refractivity (Wildman–Crippen MR) is 88.2 cm³/mol. The molecule has 0 aliphatic heterocycles. The molecule has 4 nitrogen and oxygen atoms in total. The van der Waals surface area contributed by atoms with Gasteiger partial charge in [-0.05, 0) is 29.8 Å². The molecule has 0 aliphatic rings. The maximum Gasteiger partial charge on any atom is 0.277 e. The fraction of sp³-hybridized carbons (Fsp3) is 0.0625. The van der Waals surface area contributed by atoms with Crippen LogP contribution in [0.1, 0.15) is 11.1 Å². The summed E-state index contributed by atoms with van der Waals surface area (Å²) < 4.78 is 6.62. The summed E-state index contributed by atoms with van der Waals surface area (Å²) >= 11 is 4.84. The van der Waals surface area contributed by atoms with Crippen molar-refractivity contribution < 1.29 is 4.42 Å². The van der Waals surface area contributed by atoms with Gasteiger partial charge in [-0.2, -0.15) is 5.26 Å². The number of hydrogen-bond donors (Lipinski definition) is 0. The number of halogens is 1. The zero-order valence-corrected chi connectivity index (χ0v) is 13.8. The van der Waals surface area contributed by atoms with Crippen LogP contribution >= 0.6 is 27.7 Å². The molecule has 0 amide bonds. The second kappa shape index (κ2) is 6.77. The highest BCUT2D eigenvalue weighted by molar-refractivity contribution is 9.10. The molecule has 1 heterocycles. The van der Waals surface area contributed by atoms with Gasteiger partial charge in [0, 0.05) is 15.8 Å². The first kappa shape index (κ1) is 14.8. The Kier molecular flexibility index (Phi) is 4.56. The first-order chi connectivity index (χ1) is 10.8. The Labute approximate surface area is 140 Å². The van der Waals surface area contributed by atoms with Crippen molar-refractivity contribution in [3.05, 3.63) is 64.1 Å². The molecule has 0 bridgehead atoms. The van der Waals surface area contributed by atoms with Gasteiger partial charge in [-0.25, -0.2) is 0 Å². The monoisotopic (exact) mass is 371 g/mol. The van der Waals surface area contributed by atoms with Crippen LogP contribution in [0.15, 0.2) is 62.6 Å². The van der Waals surface area contributed by atoms with Crippen molar-refractivity contribution in [2.45, 2.75) is 11.0 Å². The van der Waals surface area contributed by atoms with Gasteiger partial charge in [0.25, 0.3) is 5.22 Å². The molecule has 0 radical (unpaired) electrons. The second-order valence-electron chi connectivity index (χ2n) is 4.44. The number of hydrogen-bond acceptors (Lipinski definition) is 5. The van der Waals surface area contributed by atoms with Crippen molar-refractivity contribution in [3.8, 4) is 17.5 Å². The summed E-state index contributed by atoms with van der Waals surface area (Å²) in [5, 5.41) is 17.7. The molecule has 6 heteroatoms. The molecule has 0 N–H and O–H groups in total. The van der Waals surface area contributed by atoms with Gasteiger partial charge < -0.3 is 4.42 Å². The molecule has 0 saturated heterocycles.